The minimum Gasteiger partial charge on any atom is -0.352 e. The zero-order valence-corrected chi connectivity index (χ0v) is 11.0. The van der Waals surface area contributed by atoms with E-state index in [0.717, 1.165) is 38.6 Å². The molecule has 2 amide bonds. The highest BCUT2D eigenvalue weighted by Gasteiger charge is 2.33. The van der Waals surface area contributed by atoms with Crippen LogP contribution in [-0.4, -0.2) is 41.9 Å². The number of rotatable bonds is 2. The van der Waals surface area contributed by atoms with Gasteiger partial charge in [-0.25, -0.2) is 0 Å². The molecule has 2 fully saturated rings. The SMILES string of the molecule is CC(=O)NC1CCCN(C(=O)C2CCC(N)C2)C1. The van der Waals surface area contributed by atoms with Gasteiger partial charge in [-0.1, -0.05) is 0 Å². The molecule has 0 aromatic rings. The summed E-state index contributed by atoms with van der Waals surface area (Å²) in [6, 6.07) is 0.310. The molecule has 3 N–H and O–H groups in total. The number of nitrogens with one attached hydrogen (secondary N) is 1. The molecule has 3 unspecified atom stereocenters. The topological polar surface area (TPSA) is 75.4 Å². The van der Waals surface area contributed by atoms with Crippen LogP contribution in [0.3, 0.4) is 0 Å². The van der Waals surface area contributed by atoms with Gasteiger partial charge in [-0.05, 0) is 32.1 Å². The van der Waals surface area contributed by atoms with E-state index in [1.54, 1.807) is 0 Å². The number of likely N-dealkylation sites (tertiary alicyclic amines) is 1. The van der Waals surface area contributed by atoms with Crippen LogP contribution >= 0.6 is 0 Å². The van der Waals surface area contributed by atoms with Crippen molar-refractivity contribution < 1.29 is 9.59 Å². The summed E-state index contributed by atoms with van der Waals surface area (Å²) < 4.78 is 0. The van der Waals surface area contributed by atoms with E-state index in [0.29, 0.717) is 6.54 Å². The van der Waals surface area contributed by atoms with Crippen LogP contribution in [0.5, 0.6) is 0 Å². The van der Waals surface area contributed by atoms with Crippen LogP contribution in [0.4, 0.5) is 0 Å². The summed E-state index contributed by atoms with van der Waals surface area (Å²) in [7, 11) is 0. The Balaban J connectivity index is 1.88. The fourth-order valence-electron chi connectivity index (χ4n) is 3.08. The van der Waals surface area contributed by atoms with E-state index >= 15 is 0 Å². The van der Waals surface area contributed by atoms with Gasteiger partial charge in [0.15, 0.2) is 0 Å². The average molecular weight is 253 g/mol. The Kier molecular flexibility index (Phi) is 4.22. The average Bonchev–Trinajstić information content (AvgIpc) is 2.74. The molecule has 2 aliphatic rings. The van der Waals surface area contributed by atoms with Gasteiger partial charge >= 0.3 is 0 Å². The van der Waals surface area contributed by atoms with E-state index < -0.39 is 0 Å². The molecule has 1 heterocycles. The van der Waals surface area contributed by atoms with Crippen molar-refractivity contribution in [2.45, 2.75) is 51.1 Å². The van der Waals surface area contributed by atoms with Crippen LogP contribution in [0.2, 0.25) is 0 Å². The van der Waals surface area contributed by atoms with Crippen LogP contribution in [0.1, 0.15) is 39.0 Å². The lowest BCUT2D eigenvalue weighted by molar-refractivity contribution is -0.137. The molecule has 0 radical (unpaired) electrons. The van der Waals surface area contributed by atoms with Crippen LogP contribution in [0, 0.1) is 5.92 Å². The second-order valence-corrected chi connectivity index (χ2v) is 5.59. The monoisotopic (exact) mass is 253 g/mol. The number of hydrogen-bond acceptors (Lipinski definition) is 3. The molecule has 5 nitrogen and oxygen atoms in total. The zero-order chi connectivity index (χ0) is 13.1. The van der Waals surface area contributed by atoms with E-state index in [4.69, 9.17) is 5.73 Å². The largest absolute Gasteiger partial charge is 0.352 e. The summed E-state index contributed by atoms with van der Waals surface area (Å²) in [5, 5.41) is 2.91. The lowest BCUT2D eigenvalue weighted by atomic mass is 10.0. The van der Waals surface area contributed by atoms with Crippen LogP contribution in [-0.2, 0) is 9.59 Å². The van der Waals surface area contributed by atoms with Gasteiger partial charge in [-0.3, -0.25) is 9.59 Å². The molecule has 2 rings (SSSR count). The zero-order valence-electron chi connectivity index (χ0n) is 11.0. The van der Waals surface area contributed by atoms with Gasteiger partial charge < -0.3 is 16.0 Å². The minimum absolute atomic E-state index is 0.0165. The molecule has 1 aliphatic carbocycles. The summed E-state index contributed by atoms with van der Waals surface area (Å²) in [4.78, 5) is 25.3. The highest BCUT2D eigenvalue weighted by Crippen LogP contribution is 2.27. The standard InChI is InChI=1S/C13H23N3O2/c1-9(17)15-12-3-2-6-16(8-12)13(18)10-4-5-11(14)7-10/h10-12H,2-8,14H2,1H3,(H,15,17). The lowest BCUT2D eigenvalue weighted by Gasteiger charge is -2.34. The van der Waals surface area contributed by atoms with Crippen molar-refractivity contribution in [3.05, 3.63) is 0 Å². The van der Waals surface area contributed by atoms with E-state index in [9.17, 15) is 9.59 Å². The number of piperidine rings is 1. The molecule has 0 aromatic heterocycles. The first-order chi connectivity index (χ1) is 8.56. The summed E-state index contributed by atoms with van der Waals surface area (Å²) >= 11 is 0. The molecule has 0 spiro atoms. The molecule has 1 aliphatic heterocycles. The third kappa shape index (κ3) is 3.22. The molecule has 1 saturated heterocycles. The predicted octanol–water partition coefficient (Wildman–Crippen LogP) is 0.241. The van der Waals surface area contributed by atoms with Crippen molar-refractivity contribution in [3.8, 4) is 0 Å². The Labute approximate surface area is 108 Å². The van der Waals surface area contributed by atoms with Crippen molar-refractivity contribution in [3.63, 3.8) is 0 Å². The van der Waals surface area contributed by atoms with E-state index in [1.165, 1.54) is 6.92 Å². The van der Waals surface area contributed by atoms with E-state index in [1.807, 2.05) is 4.90 Å². The Morgan fingerprint density at radius 1 is 1.28 bits per heavy atom. The van der Waals surface area contributed by atoms with Gasteiger partial charge in [-0.2, -0.15) is 0 Å². The normalized spacial score (nSPS) is 32.3. The van der Waals surface area contributed by atoms with Gasteiger partial charge in [0.1, 0.15) is 0 Å². The number of carbonyl (C=O) groups is 2. The third-order valence-electron chi connectivity index (χ3n) is 3.96. The number of amides is 2. The van der Waals surface area contributed by atoms with Gasteiger partial charge in [0, 0.05) is 38.0 Å². The predicted molar refractivity (Wildman–Crippen MR) is 68.7 cm³/mol. The highest BCUT2D eigenvalue weighted by atomic mass is 16.2. The maximum atomic E-state index is 12.3. The Bertz CT molecular complexity index is 332. The summed E-state index contributed by atoms with van der Waals surface area (Å²) in [6.07, 6.45) is 4.63. The Morgan fingerprint density at radius 2 is 2.06 bits per heavy atom. The molecular weight excluding hydrogens is 230 g/mol. The fourth-order valence-corrected chi connectivity index (χ4v) is 3.08. The molecule has 0 aromatic carbocycles. The first-order valence-corrected chi connectivity index (χ1v) is 6.87. The van der Waals surface area contributed by atoms with Crippen LogP contribution in [0.15, 0.2) is 0 Å². The van der Waals surface area contributed by atoms with Crippen LogP contribution < -0.4 is 11.1 Å². The highest BCUT2D eigenvalue weighted by molar-refractivity contribution is 5.79. The third-order valence-corrected chi connectivity index (χ3v) is 3.96. The number of nitrogens with two attached hydrogens (primary N) is 1. The smallest absolute Gasteiger partial charge is 0.225 e. The van der Waals surface area contributed by atoms with Crippen molar-refractivity contribution >= 4 is 11.8 Å². The number of nitrogens with zero attached hydrogens (tertiary/aromatic N) is 1. The second kappa shape index (κ2) is 5.69. The van der Waals surface area contributed by atoms with E-state index in [2.05, 4.69) is 5.32 Å². The Morgan fingerprint density at radius 3 is 2.67 bits per heavy atom. The summed E-state index contributed by atoms with van der Waals surface area (Å²) in [5.74, 6) is 0.325. The number of carbonyl (C=O) groups excluding carboxylic acids is 2. The van der Waals surface area contributed by atoms with Crippen molar-refractivity contribution in [1.29, 1.82) is 0 Å². The van der Waals surface area contributed by atoms with Gasteiger partial charge in [0.05, 0.1) is 0 Å². The molecule has 102 valence electrons. The maximum absolute atomic E-state index is 12.3. The number of hydrogen-bond donors (Lipinski definition) is 2. The summed E-state index contributed by atoms with van der Waals surface area (Å²) in [6.45, 7) is 3.00. The molecule has 3 atom stereocenters. The first kappa shape index (κ1) is 13.3. The fraction of sp³-hybridized carbons (Fsp3) is 0.846. The second-order valence-electron chi connectivity index (χ2n) is 5.59. The molecular formula is C13H23N3O2. The van der Waals surface area contributed by atoms with Gasteiger partial charge in [-0.15, -0.1) is 0 Å². The molecule has 0 bridgehead atoms. The maximum Gasteiger partial charge on any atom is 0.225 e. The molecule has 5 heteroatoms. The van der Waals surface area contributed by atoms with Crippen molar-refractivity contribution in [2.75, 3.05) is 13.1 Å². The van der Waals surface area contributed by atoms with Crippen molar-refractivity contribution in [1.82, 2.24) is 10.2 Å². The lowest BCUT2D eigenvalue weighted by Crippen LogP contribution is -2.50. The molecule has 18 heavy (non-hydrogen) atoms. The van der Waals surface area contributed by atoms with Gasteiger partial charge in [0.2, 0.25) is 11.8 Å². The minimum atomic E-state index is -0.0165. The summed E-state index contributed by atoms with van der Waals surface area (Å²) in [5.41, 5.74) is 5.86. The van der Waals surface area contributed by atoms with Crippen LogP contribution in [0.25, 0.3) is 0 Å². The Hall–Kier alpha value is -1.10. The van der Waals surface area contributed by atoms with Crippen molar-refractivity contribution in [2.24, 2.45) is 11.7 Å². The quantitative estimate of drug-likeness (QED) is 0.740. The molecule has 1 saturated carbocycles. The first-order valence-electron chi connectivity index (χ1n) is 6.87. The van der Waals surface area contributed by atoms with E-state index in [-0.39, 0.29) is 29.8 Å². The van der Waals surface area contributed by atoms with Gasteiger partial charge in [0.25, 0.3) is 0 Å².